The number of nitrogens with two attached hydrogens (primary N) is 1. The van der Waals surface area contributed by atoms with E-state index in [0.29, 0.717) is 5.69 Å². The van der Waals surface area contributed by atoms with Crippen molar-refractivity contribution in [3.8, 4) is 11.1 Å². The lowest BCUT2D eigenvalue weighted by Gasteiger charge is -2.30. The van der Waals surface area contributed by atoms with E-state index in [2.05, 4.69) is 0 Å². The first-order chi connectivity index (χ1) is 11.0. The minimum absolute atomic E-state index is 0.134. The van der Waals surface area contributed by atoms with E-state index in [4.69, 9.17) is 15.9 Å². The van der Waals surface area contributed by atoms with Crippen LogP contribution in [0, 0.1) is 0 Å². The van der Waals surface area contributed by atoms with E-state index in [1.54, 1.807) is 22.3 Å². The average molecular weight is 338 g/mol. The predicted octanol–water partition coefficient (Wildman–Crippen LogP) is 0.510. The van der Waals surface area contributed by atoms with Gasteiger partial charge >= 0.3 is 0 Å². The van der Waals surface area contributed by atoms with Crippen molar-refractivity contribution in [2.75, 3.05) is 36.9 Å². The molecule has 0 spiro atoms. The van der Waals surface area contributed by atoms with Crippen LogP contribution in [-0.2, 0) is 0 Å². The minimum Gasteiger partial charge on any atom is -0.399 e. The molecule has 126 valence electrons. The molecule has 1 aromatic heterocycles. The van der Waals surface area contributed by atoms with Crippen molar-refractivity contribution in [2.24, 2.45) is 0 Å². The Labute approximate surface area is 139 Å². The smallest absolute Gasteiger partial charge is 0.0945 e. The molecule has 0 aliphatic heterocycles. The number of aliphatic hydroxyl groups is 4. The highest BCUT2D eigenvalue weighted by molar-refractivity contribution is 7.08. The van der Waals surface area contributed by atoms with Gasteiger partial charge in [0.15, 0.2) is 0 Å². The number of hydrogen-bond acceptors (Lipinski definition) is 7. The van der Waals surface area contributed by atoms with Crippen molar-refractivity contribution >= 4 is 22.7 Å². The van der Waals surface area contributed by atoms with E-state index in [1.165, 1.54) is 0 Å². The second kappa shape index (κ2) is 8.28. The Bertz CT molecular complexity index is 594. The molecule has 2 atom stereocenters. The van der Waals surface area contributed by atoms with E-state index in [9.17, 15) is 10.2 Å². The molecule has 1 heterocycles. The summed E-state index contributed by atoms with van der Waals surface area (Å²) < 4.78 is 0. The summed E-state index contributed by atoms with van der Waals surface area (Å²) in [4.78, 5) is 1.74. The van der Waals surface area contributed by atoms with Gasteiger partial charge in [0.2, 0.25) is 0 Å². The fraction of sp³-hybridized carbons (Fsp3) is 0.375. The number of aliphatic hydroxyl groups excluding tert-OH is 4. The summed E-state index contributed by atoms with van der Waals surface area (Å²) in [5, 5.41) is 41.8. The molecule has 6 nitrogen and oxygen atoms in total. The molecule has 7 heteroatoms. The number of nitrogen functional groups attached to an aromatic ring is 1. The van der Waals surface area contributed by atoms with E-state index < -0.39 is 12.2 Å². The van der Waals surface area contributed by atoms with Crippen LogP contribution in [0.2, 0.25) is 0 Å². The third-order valence-corrected chi connectivity index (χ3v) is 4.16. The molecule has 0 amide bonds. The Morgan fingerprint density at radius 1 is 1.04 bits per heavy atom. The van der Waals surface area contributed by atoms with Crippen LogP contribution in [-0.4, -0.2) is 58.9 Å². The average Bonchev–Trinajstić information content (AvgIpc) is 3.08. The summed E-state index contributed by atoms with van der Waals surface area (Å²) in [6.07, 6.45) is -1.90. The highest BCUT2D eigenvalue weighted by atomic mass is 32.1. The maximum absolute atomic E-state index is 9.79. The van der Waals surface area contributed by atoms with Gasteiger partial charge in [-0.05, 0) is 40.6 Å². The van der Waals surface area contributed by atoms with Gasteiger partial charge < -0.3 is 31.1 Å². The molecule has 2 rings (SSSR count). The van der Waals surface area contributed by atoms with Crippen molar-refractivity contribution in [3.63, 3.8) is 0 Å². The first-order valence-corrected chi connectivity index (χ1v) is 8.24. The Morgan fingerprint density at radius 3 is 2.22 bits per heavy atom. The van der Waals surface area contributed by atoms with E-state index >= 15 is 0 Å². The summed E-state index contributed by atoms with van der Waals surface area (Å²) in [5.41, 5.74) is 9.14. The first kappa shape index (κ1) is 17.7. The summed E-state index contributed by atoms with van der Waals surface area (Å²) in [7, 11) is 0. The van der Waals surface area contributed by atoms with Crippen molar-refractivity contribution in [3.05, 3.63) is 35.0 Å². The van der Waals surface area contributed by atoms with Gasteiger partial charge in [0, 0.05) is 30.0 Å². The standard InChI is InChI=1S/C16H22N2O4S/c17-12-1-2-16(15(5-12)11-3-4-23-10-11)18(6-13(21)8-19)7-14(22)9-20/h1-5,10,13-14,19-22H,6-9,17H2. The SMILES string of the molecule is Nc1ccc(N(CC(O)CO)CC(O)CO)c(-c2ccsc2)c1. The Hall–Kier alpha value is -1.64. The largest absolute Gasteiger partial charge is 0.399 e. The molecule has 0 radical (unpaired) electrons. The maximum Gasteiger partial charge on any atom is 0.0945 e. The molecule has 0 bridgehead atoms. The lowest BCUT2D eigenvalue weighted by atomic mass is 10.0. The van der Waals surface area contributed by atoms with Gasteiger partial charge in [-0.1, -0.05) is 0 Å². The molecule has 0 saturated carbocycles. The van der Waals surface area contributed by atoms with Crippen LogP contribution in [0.5, 0.6) is 0 Å². The van der Waals surface area contributed by atoms with Crippen LogP contribution in [0.4, 0.5) is 11.4 Å². The zero-order chi connectivity index (χ0) is 16.8. The van der Waals surface area contributed by atoms with Crippen LogP contribution >= 0.6 is 11.3 Å². The van der Waals surface area contributed by atoms with Crippen molar-refractivity contribution in [1.29, 1.82) is 0 Å². The Balaban J connectivity index is 2.40. The summed E-state index contributed by atoms with van der Waals surface area (Å²) in [6, 6.07) is 7.36. The molecule has 2 aromatic rings. The molecular formula is C16H22N2O4S. The number of benzene rings is 1. The number of thiophene rings is 1. The molecule has 23 heavy (non-hydrogen) atoms. The van der Waals surface area contributed by atoms with Gasteiger partial charge in [-0.15, -0.1) is 0 Å². The molecule has 6 N–H and O–H groups in total. The van der Waals surface area contributed by atoms with Gasteiger partial charge in [-0.3, -0.25) is 0 Å². The van der Waals surface area contributed by atoms with E-state index in [0.717, 1.165) is 16.8 Å². The van der Waals surface area contributed by atoms with Gasteiger partial charge in [0.05, 0.1) is 25.4 Å². The molecule has 0 aliphatic carbocycles. The molecule has 1 aromatic carbocycles. The highest BCUT2D eigenvalue weighted by Gasteiger charge is 2.19. The van der Waals surface area contributed by atoms with E-state index in [-0.39, 0.29) is 26.3 Å². The molecule has 0 fully saturated rings. The summed E-state index contributed by atoms with van der Waals surface area (Å²) in [6.45, 7) is -0.494. The Morgan fingerprint density at radius 2 is 1.70 bits per heavy atom. The van der Waals surface area contributed by atoms with E-state index in [1.807, 2.05) is 29.0 Å². The Kier molecular flexibility index (Phi) is 6.37. The summed E-state index contributed by atoms with van der Waals surface area (Å²) in [5.74, 6) is 0. The third-order valence-electron chi connectivity index (χ3n) is 3.48. The molecular weight excluding hydrogens is 316 g/mol. The van der Waals surface area contributed by atoms with Gasteiger partial charge in [0.1, 0.15) is 0 Å². The van der Waals surface area contributed by atoms with Crippen LogP contribution in [0.25, 0.3) is 11.1 Å². The van der Waals surface area contributed by atoms with Crippen molar-refractivity contribution in [2.45, 2.75) is 12.2 Å². The summed E-state index contributed by atoms with van der Waals surface area (Å²) >= 11 is 1.56. The molecule has 0 saturated heterocycles. The monoisotopic (exact) mass is 338 g/mol. The zero-order valence-corrected chi connectivity index (χ0v) is 13.5. The number of nitrogens with zero attached hydrogens (tertiary/aromatic N) is 1. The minimum atomic E-state index is -0.950. The molecule has 0 aliphatic rings. The highest BCUT2D eigenvalue weighted by Crippen LogP contribution is 2.34. The van der Waals surface area contributed by atoms with Gasteiger partial charge in [-0.2, -0.15) is 11.3 Å². The van der Waals surface area contributed by atoms with Gasteiger partial charge in [0.25, 0.3) is 0 Å². The maximum atomic E-state index is 9.79. The predicted molar refractivity (Wildman–Crippen MR) is 92.6 cm³/mol. The van der Waals surface area contributed by atoms with Gasteiger partial charge in [-0.25, -0.2) is 0 Å². The normalized spacial score (nSPS) is 13.7. The van der Waals surface area contributed by atoms with Crippen molar-refractivity contribution < 1.29 is 20.4 Å². The fourth-order valence-corrected chi connectivity index (χ4v) is 3.03. The lowest BCUT2D eigenvalue weighted by Crippen LogP contribution is -2.40. The van der Waals surface area contributed by atoms with Crippen LogP contribution in [0.15, 0.2) is 35.0 Å². The topological polar surface area (TPSA) is 110 Å². The fourth-order valence-electron chi connectivity index (χ4n) is 2.37. The number of rotatable bonds is 8. The second-order valence-electron chi connectivity index (χ2n) is 5.37. The van der Waals surface area contributed by atoms with Crippen LogP contribution in [0.3, 0.4) is 0 Å². The van der Waals surface area contributed by atoms with Crippen LogP contribution < -0.4 is 10.6 Å². The number of anilines is 2. The lowest BCUT2D eigenvalue weighted by molar-refractivity contribution is 0.0839. The zero-order valence-electron chi connectivity index (χ0n) is 12.7. The second-order valence-corrected chi connectivity index (χ2v) is 6.15. The first-order valence-electron chi connectivity index (χ1n) is 7.30. The van der Waals surface area contributed by atoms with Crippen LogP contribution in [0.1, 0.15) is 0 Å². The third kappa shape index (κ3) is 4.66. The van der Waals surface area contributed by atoms with Crippen molar-refractivity contribution in [1.82, 2.24) is 0 Å². The quantitative estimate of drug-likeness (QED) is 0.449. The number of hydrogen-bond donors (Lipinski definition) is 5. The molecule has 2 unspecified atom stereocenters.